The summed E-state index contributed by atoms with van der Waals surface area (Å²) in [5.41, 5.74) is 0.374. The molecule has 14 heteroatoms. The molecule has 2 aliphatic heterocycles. The SMILES string of the molecule is C=CCOC(=O)Nc1ccccc1N(CC1(C(=O)OCC=C)CN2C(=O)[C@H]([C@@H](C)OC(=O)OCC=C)[C@H]2S1)C(=O)OCC=C. The number of para-hydroxylation sites is 2. The third-order valence-electron chi connectivity index (χ3n) is 6.49. The first-order valence-corrected chi connectivity index (χ1v) is 14.4. The van der Waals surface area contributed by atoms with Crippen molar-refractivity contribution in [2.75, 3.05) is 49.7 Å². The first-order valence-electron chi connectivity index (χ1n) is 13.5. The van der Waals surface area contributed by atoms with E-state index in [1.54, 1.807) is 31.2 Å². The summed E-state index contributed by atoms with van der Waals surface area (Å²) in [6.07, 6.45) is 2.05. The monoisotopic (exact) mass is 629 g/mol. The van der Waals surface area contributed by atoms with Gasteiger partial charge in [-0.15, -0.1) is 11.8 Å². The summed E-state index contributed by atoms with van der Waals surface area (Å²) in [6, 6.07) is 6.36. The number of benzene rings is 1. The van der Waals surface area contributed by atoms with Crippen molar-refractivity contribution >= 4 is 53.4 Å². The predicted octanol–water partition coefficient (Wildman–Crippen LogP) is 4.28. The summed E-state index contributed by atoms with van der Waals surface area (Å²) in [6.45, 7) is 14.9. The smallest absolute Gasteiger partial charge is 0.460 e. The van der Waals surface area contributed by atoms with Gasteiger partial charge in [-0.3, -0.25) is 19.8 Å². The average molecular weight is 630 g/mol. The lowest BCUT2D eigenvalue weighted by molar-refractivity contribution is -0.157. The van der Waals surface area contributed by atoms with E-state index in [1.807, 2.05) is 0 Å². The van der Waals surface area contributed by atoms with Crippen LogP contribution in [0.4, 0.5) is 25.8 Å². The standard InChI is InChI=1S/C30H35N3O10S/c1-6-14-39-26(35)30(19-33-24(34)23(25(33)44-30)20(5)43-29(38)42-17-9-4)18-32(28(37)41-16-8-3)22-13-11-10-12-21(22)31-27(36)40-15-7-2/h6-13,20,23,25H,1-4,14-19H2,5H3,(H,31,36)/t20-,23+,25-,30?/m1/s1. The highest BCUT2D eigenvalue weighted by Gasteiger charge is 2.64. The minimum absolute atomic E-state index is 0.0471. The van der Waals surface area contributed by atoms with Gasteiger partial charge < -0.3 is 28.6 Å². The fraction of sp³-hybridized carbons (Fsp3) is 0.367. The van der Waals surface area contributed by atoms with Crippen LogP contribution in [0.5, 0.6) is 0 Å². The topological polar surface area (TPSA) is 150 Å². The lowest BCUT2D eigenvalue weighted by Gasteiger charge is -2.43. The summed E-state index contributed by atoms with van der Waals surface area (Å²) in [5.74, 6) is -1.85. The molecule has 2 aliphatic rings. The number of fused-ring (bicyclic) bond motifs is 1. The van der Waals surface area contributed by atoms with Gasteiger partial charge in [0.25, 0.3) is 0 Å². The van der Waals surface area contributed by atoms with Crippen molar-refractivity contribution in [2.45, 2.75) is 23.1 Å². The van der Waals surface area contributed by atoms with Crippen molar-refractivity contribution in [2.24, 2.45) is 5.92 Å². The molecule has 1 aromatic carbocycles. The van der Waals surface area contributed by atoms with Gasteiger partial charge in [-0.05, 0) is 19.1 Å². The van der Waals surface area contributed by atoms with E-state index < -0.39 is 46.5 Å². The molecular formula is C30H35N3O10S. The Morgan fingerprint density at radius 2 is 1.61 bits per heavy atom. The number of amides is 3. The van der Waals surface area contributed by atoms with Crippen LogP contribution >= 0.6 is 11.8 Å². The van der Waals surface area contributed by atoms with Crippen LogP contribution in [-0.2, 0) is 33.3 Å². The van der Waals surface area contributed by atoms with Crippen LogP contribution in [0.25, 0.3) is 0 Å². The fourth-order valence-electron chi connectivity index (χ4n) is 4.56. The molecule has 0 aliphatic carbocycles. The minimum atomic E-state index is -1.51. The molecule has 2 fully saturated rings. The summed E-state index contributed by atoms with van der Waals surface area (Å²) >= 11 is 1.10. The van der Waals surface area contributed by atoms with Gasteiger partial charge in [-0.1, -0.05) is 62.8 Å². The first kappa shape index (κ1) is 33.8. The molecule has 3 rings (SSSR count). The molecule has 4 atom stereocenters. The van der Waals surface area contributed by atoms with Crippen LogP contribution in [0.15, 0.2) is 74.9 Å². The number of anilines is 2. The van der Waals surface area contributed by atoms with Crippen molar-refractivity contribution in [1.82, 2.24) is 4.90 Å². The Labute approximate surface area is 259 Å². The average Bonchev–Trinajstić information content (AvgIpc) is 3.34. The maximum absolute atomic E-state index is 13.7. The molecule has 0 aromatic heterocycles. The summed E-state index contributed by atoms with van der Waals surface area (Å²) in [5, 5.41) is 1.99. The van der Waals surface area contributed by atoms with Crippen molar-refractivity contribution in [3.05, 3.63) is 74.9 Å². The minimum Gasteiger partial charge on any atom is -0.460 e. The van der Waals surface area contributed by atoms with E-state index in [9.17, 15) is 24.0 Å². The van der Waals surface area contributed by atoms with Crippen molar-refractivity contribution in [3.63, 3.8) is 0 Å². The molecule has 1 aromatic rings. The van der Waals surface area contributed by atoms with Crippen LogP contribution in [-0.4, -0.2) is 90.9 Å². The summed E-state index contributed by atoms with van der Waals surface area (Å²) in [4.78, 5) is 67.4. The number of carbonyl (C=O) groups is 5. The van der Waals surface area contributed by atoms with Gasteiger partial charge in [-0.2, -0.15) is 0 Å². The fourth-order valence-corrected chi connectivity index (χ4v) is 6.38. The maximum Gasteiger partial charge on any atom is 0.508 e. The molecule has 3 amide bonds. The van der Waals surface area contributed by atoms with Gasteiger partial charge in [-0.25, -0.2) is 14.4 Å². The highest BCUT2D eigenvalue weighted by Crippen LogP contribution is 2.52. The van der Waals surface area contributed by atoms with E-state index in [0.717, 1.165) is 11.8 Å². The van der Waals surface area contributed by atoms with E-state index in [4.69, 9.17) is 23.7 Å². The summed E-state index contributed by atoms with van der Waals surface area (Å²) in [7, 11) is 0. The number of nitrogens with zero attached hydrogens (tertiary/aromatic N) is 2. The zero-order chi connectivity index (χ0) is 32.3. The molecule has 0 radical (unpaired) electrons. The molecular weight excluding hydrogens is 594 g/mol. The second-order valence-electron chi connectivity index (χ2n) is 9.54. The van der Waals surface area contributed by atoms with Gasteiger partial charge in [0, 0.05) is 6.54 Å². The Bertz CT molecular complexity index is 1300. The second-order valence-corrected chi connectivity index (χ2v) is 11.0. The number of carbonyl (C=O) groups excluding carboxylic acids is 5. The van der Waals surface area contributed by atoms with E-state index in [0.29, 0.717) is 0 Å². The Morgan fingerprint density at radius 1 is 1.00 bits per heavy atom. The third-order valence-corrected chi connectivity index (χ3v) is 8.15. The largest absolute Gasteiger partial charge is 0.508 e. The van der Waals surface area contributed by atoms with Crippen LogP contribution in [0.1, 0.15) is 6.92 Å². The van der Waals surface area contributed by atoms with Gasteiger partial charge in [0.15, 0.2) is 4.75 Å². The zero-order valence-electron chi connectivity index (χ0n) is 24.3. The number of β-lactam (4-membered cyclic amide) rings is 1. The number of nitrogens with one attached hydrogen (secondary N) is 1. The Balaban J connectivity index is 1.97. The number of hydrogen-bond acceptors (Lipinski definition) is 11. The molecule has 0 spiro atoms. The zero-order valence-corrected chi connectivity index (χ0v) is 25.1. The van der Waals surface area contributed by atoms with Gasteiger partial charge in [0.1, 0.15) is 38.4 Å². The van der Waals surface area contributed by atoms with Gasteiger partial charge in [0.2, 0.25) is 5.91 Å². The highest BCUT2D eigenvalue weighted by atomic mass is 32.2. The number of ether oxygens (including phenoxy) is 5. The summed E-state index contributed by atoms with van der Waals surface area (Å²) < 4.78 is 24.5. The highest BCUT2D eigenvalue weighted by molar-refractivity contribution is 8.02. The van der Waals surface area contributed by atoms with Gasteiger partial charge >= 0.3 is 24.3 Å². The van der Waals surface area contributed by atoms with Crippen molar-refractivity contribution < 1.29 is 47.7 Å². The third kappa shape index (κ3) is 7.81. The molecule has 0 bridgehead atoms. The normalized spacial score (nSPS) is 20.5. The first-order chi connectivity index (χ1) is 21.1. The van der Waals surface area contributed by atoms with Crippen molar-refractivity contribution in [1.29, 1.82) is 0 Å². The van der Waals surface area contributed by atoms with E-state index in [-0.39, 0.29) is 56.8 Å². The molecule has 236 valence electrons. The molecule has 0 saturated carbocycles. The second kappa shape index (κ2) is 15.7. The Morgan fingerprint density at radius 3 is 2.30 bits per heavy atom. The number of esters is 1. The molecule has 1 N–H and O–H groups in total. The van der Waals surface area contributed by atoms with E-state index >= 15 is 0 Å². The Hall–Kier alpha value is -4.72. The predicted molar refractivity (Wildman–Crippen MR) is 163 cm³/mol. The lowest BCUT2D eigenvalue weighted by Crippen LogP contribution is -2.61. The quantitative estimate of drug-likeness (QED) is 0.128. The Kier molecular flexibility index (Phi) is 12.0. The van der Waals surface area contributed by atoms with Crippen LogP contribution in [0.2, 0.25) is 0 Å². The van der Waals surface area contributed by atoms with E-state index in [2.05, 4.69) is 31.6 Å². The van der Waals surface area contributed by atoms with E-state index in [1.165, 1.54) is 34.1 Å². The lowest BCUT2D eigenvalue weighted by atomic mass is 9.91. The van der Waals surface area contributed by atoms with Gasteiger partial charge in [0.05, 0.1) is 23.3 Å². The molecule has 2 heterocycles. The molecule has 1 unspecified atom stereocenters. The molecule has 13 nitrogen and oxygen atoms in total. The number of thioether (sulfide) groups is 1. The van der Waals surface area contributed by atoms with Crippen LogP contribution in [0.3, 0.4) is 0 Å². The molecule has 2 saturated heterocycles. The maximum atomic E-state index is 13.7. The number of rotatable bonds is 15. The van der Waals surface area contributed by atoms with Crippen LogP contribution < -0.4 is 10.2 Å². The number of hydrogen-bond donors (Lipinski definition) is 1. The molecule has 44 heavy (non-hydrogen) atoms. The van der Waals surface area contributed by atoms with Crippen molar-refractivity contribution in [3.8, 4) is 0 Å². The van der Waals surface area contributed by atoms with Crippen LogP contribution in [0, 0.1) is 5.92 Å².